The minimum absolute atomic E-state index is 0.0819. The number of carbonyl (C=O) groups is 2. The van der Waals surface area contributed by atoms with Gasteiger partial charge in [0, 0.05) is 18.3 Å². The average Bonchev–Trinajstić information content (AvgIpc) is 2.84. The molecule has 8 heteroatoms. The fraction of sp³-hybridized carbons (Fsp3) is 0.640. The van der Waals surface area contributed by atoms with E-state index in [0.29, 0.717) is 25.2 Å². The lowest BCUT2D eigenvalue weighted by molar-refractivity contribution is -0.218. The van der Waals surface area contributed by atoms with Gasteiger partial charge in [-0.05, 0) is 49.4 Å². The monoisotopic (exact) mass is 459 g/mol. The molecular formula is C25H33NO7. The first-order valence-electron chi connectivity index (χ1n) is 11.5. The Hall–Kier alpha value is -2.45. The lowest BCUT2D eigenvalue weighted by Gasteiger charge is -2.57. The van der Waals surface area contributed by atoms with Crippen molar-refractivity contribution < 1.29 is 33.3 Å². The van der Waals surface area contributed by atoms with Crippen molar-refractivity contribution in [2.45, 2.75) is 45.1 Å². The molecule has 2 heterocycles. The van der Waals surface area contributed by atoms with E-state index in [4.69, 9.17) is 23.7 Å². The first-order valence-corrected chi connectivity index (χ1v) is 11.5. The third kappa shape index (κ3) is 4.38. The first kappa shape index (κ1) is 23.7. The second-order valence-corrected chi connectivity index (χ2v) is 9.44. The van der Waals surface area contributed by atoms with Crippen molar-refractivity contribution in [1.29, 1.82) is 0 Å². The molecule has 1 saturated heterocycles. The zero-order valence-electron chi connectivity index (χ0n) is 19.6. The molecule has 4 rings (SSSR count). The number of fused-ring (bicyclic) bond motifs is 3. The molecule has 0 N–H and O–H groups in total. The van der Waals surface area contributed by atoms with E-state index < -0.39 is 11.9 Å². The van der Waals surface area contributed by atoms with Crippen molar-refractivity contribution in [3.63, 3.8) is 0 Å². The van der Waals surface area contributed by atoms with Crippen molar-refractivity contribution >= 4 is 11.9 Å². The van der Waals surface area contributed by atoms with Gasteiger partial charge in [0.2, 0.25) is 0 Å². The van der Waals surface area contributed by atoms with Crippen LogP contribution in [0.15, 0.2) is 24.5 Å². The standard InChI is InChI=1S/C25H33NO7/c1-15-5-6-20-18-13-31-14-33-21(18)7-9-25(20,2)19(15)8-10-32-22-16(23(27)29-3)11-26-12-17(22)24(28)30-4/h11-12,18-21H,1,5-10,13-14H2,2-4H3. The largest absolute Gasteiger partial charge is 0.492 e. The van der Waals surface area contributed by atoms with Crippen molar-refractivity contribution in [3.05, 3.63) is 35.7 Å². The highest BCUT2D eigenvalue weighted by molar-refractivity contribution is 5.99. The van der Waals surface area contributed by atoms with Crippen LogP contribution in [0.1, 0.15) is 59.7 Å². The van der Waals surface area contributed by atoms with E-state index >= 15 is 0 Å². The SMILES string of the molecule is C=C1CCC2C3COCOC3CCC2(C)C1CCOc1c(C(=O)OC)cncc1C(=O)OC. The van der Waals surface area contributed by atoms with Crippen molar-refractivity contribution in [2.75, 3.05) is 34.2 Å². The summed E-state index contributed by atoms with van der Waals surface area (Å²) in [5, 5.41) is 0. The van der Waals surface area contributed by atoms with E-state index in [2.05, 4.69) is 18.5 Å². The molecule has 5 unspecified atom stereocenters. The predicted octanol–water partition coefficient (Wildman–Crippen LogP) is 3.80. The summed E-state index contributed by atoms with van der Waals surface area (Å²) < 4.78 is 27.3. The summed E-state index contributed by atoms with van der Waals surface area (Å²) in [5.41, 5.74) is 1.52. The summed E-state index contributed by atoms with van der Waals surface area (Å²) in [6.07, 6.45) is 7.86. The van der Waals surface area contributed by atoms with Gasteiger partial charge in [0.05, 0.1) is 33.5 Å². The highest BCUT2D eigenvalue weighted by atomic mass is 16.7. The Morgan fingerprint density at radius 2 is 1.88 bits per heavy atom. The van der Waals surface area contributed by atoms with E-state index in [1.807, 2.05) is 0 Å². The zero-order chi connectivity index (χ0) is 23.6. The Kier molecular flexibility index (Phi) is 7.05. The summed E-state index contributed by atoms with van der Waals surface area (Å²) in [4.78, 5) is 28.5. The van der Waals surface area contributed by atoms with Gasteiger partial charge in [0.1, 0.15) is 17.9 Å². The molecule has 2 saturated carbocycles. The predicted molar refractivity (Wildman–Crippen MR) is 119 cm³/mol. The number of allylic oxidation sites excluding steroid dienone is 1. The second kappa shape index (κ2) is 9.81. The lowest BCUT2D eigenvalue weighted by atomic mass is 9.50. The number of aromatic nitrogens is 1. The van der Waals surface area contributed by atoms with Gasteiger partial charge in [-0.3, -0.25) is 4.98 Å². The number of ether oxygens (including phenoxy) is 5. The molecule has 8 nitrogen and oxygen atoms in total. The zero-order valence-corrected chi connectivity index (χ0v) is 19.6. The minimum Gasteiger partial charge on any atom is -0.492 e. The van der Waals surface area contributed by atoms with E-state index in [1.54, 1.807) is 0 Å². The number of rotatable bonds is 6. The second-order valence-electron chi connectivity index (χ2n) is 9.44. The molecule has 3 aliphatic rings. The number of esters is 2. The van der Waals surface area contributed by atoms with Crippen molar-refractivity contribution in [1.82, 2.24) is 4.98 Å². The van der Waals surface area contributed by atoms with Gasteiger partial charge in [-0.1, -0.05) is 19.1 Å². The third-order valence-electron chi connectivity index (χ3n) is 7.91. The van der Waals surface area contributed by atoms with Gasteiger partial charge >= 0.3 is 11.9 Å². The normalized spacial score (nSPS) is 31.2. The highest BCUT2D eigenvalue weighted by Gasteiger charge is 2.53. The van der Waals surface area contributed by atoms with Crippen LogP contribution in [0.4, 0.5) is 0 Å². The molecule has 1 aliphatic heterocycles. The Labute approximate surface area is 194 Å². The van der Waals surface area contributed by atoms with Crippen LogP contribution in [0.25, 0.3) is 0 Å². The Bertz CT molecular complexity index is 882. The number of hydrogen-bond donors (Lipinski definition) is 0. The van der Waals surface area contributed by atoms with Gasteiger partial charge in [-0.15, -0.1) is 0 Å². The number of nitrogens with zero attached hydrogens (tertiary/aromatic N) is 1. The number of carbonyl (C=O) groups excluding carboxylic acids is 2. The highest BCUT2D eigenvalue weighted by Crippen LogP contribution is 2.58. The van der Waals surface area contributed by atoms with Crippen LogP contribution < -0.4 is 4.74 Å². The van der Waals surface area contributed by atoms with Gasteiger partial charge in [0.25, 0.3) is 0 Å². The van der Waals surface area contributed by atoms with Crippen LogP contribution in [0.5, 0.6) is 5.75 Å². The molecule has 0 bridgehead atoms. The lowest BCUT2D eigenvalue weighted by Crippen LogP contribution is -2.54. The summed E-state index contributed by atoms with van der Waals surface area (Å²) in [6, 6.07) is 0. The summed E-state index contributed by atoms with van der Waals surface area (Å²) in [7, 11) is 2.55. The number of pyridine rings is 1. The Morgan fingerprint density at radius 3 is 2.55 bits per heavy atom. The van der Waals surface area contributed by atoms with E-state index in [1.165, 1.54) is 32.2 Å². The average molecular weight is 460 g/mol. The van der Waals surface area contributed by atoms with Gasteiger partial charge in [-0.2, -0.15) is 0 Å². The van der Waals surface area contributed by atoms with Gasteiger partial charge < -0.3 is 23.7 Å². The molecule has 3 fully saturated rings. The fourth-order valence-corrected chi connectivity index (χ4v) is 6.24. The van der Waals surface area contributed by atoms with E-state index in [9.17, 15) is 9.59 Å². The van der Waals surface area contributed by atoms with Crippen LogP contribution in [0, 0.1) is 23.2 Å². The van der Waals surface area contributed by atoms with Crippen LogP contribution in [0.3, 0.4) is 0 Å². The number of methoxy groups -OCH3 is 2. The maximum Gasteiger partial charge on any atom is 0.343 e. The van der Waals surface area contributed by atoms with Gasteiger partial charge in [-0.25, -0.2) is 9.59 Å². The van der Waals surface area contributed by atoms with Crippen LogP contribution in [-0.4, -0.2) is 57.3 Å². The minimum atomic E-state index is -0.618. The smallest absolute Gasteiger partial charge is 0.343 e. The van der Waals surface area contributed by atoms with Crippen LogP contribution >= 0.6 is 0 Å². The topological polar surface area (TPSA) is 93.2 Å². The molecule has 0 spiro atoms. The molecule has 2 aliphatic carbocycles. The van der Waals surface area contributed by atoms with Crippen LogP contribution in [-0.2, 0) is 18.9 Å². The van der Waals surface area contributed by atoms with Crippen molar-refractivity contribution in [3.8, 4) is 5.75 Å². The van der Waals surface area contributed by atoms with E-state index in [-0.39, 0.29) is 34.3 Å². The molecule has 180 valence electrons. The van der Waals surface area contributed by atoms with Crippen LogP contribution in [0.2, 0.25) is 0 Å². The summed E-state index contributed by atoms with van der Waals surface area (Å²) in [6.45, 7) is 8.24. The summed E-state index contributed by atoms with van der Waals surface area (Å²) >= 11 is 0. The molecule has 0 radical (unpaired) electrons. The molecule has 0 aromatic carbocycles. The molecule has 5 atom stereocenters. The maximum atomic E-state index is 12.3. The quantitative estimate of drug-likeness (QED) is 0.469. The molecule has 33 heavy (non-hydrogen) atoms. The maximum absolute atomic E-state index is 12.3. The third-order valence-corrected chi connectivity index (χ3v) is 7.91. The molecular weight excluding hydrogens is 426 g/mol. The fourth-order valence-electron chi connectivity index (χ4n) is 6.24. The molecule has 0 amide bonds. The Morgan fingerprint density at radius 1 is 1.18 bits per heavy atom. The van der Waals surface area contributed by atoms with E-state index in [0.717, 1.165) is 38.7 Å². The Balaban J connectivity index is 1.53. The van der Waals surface area contributed by atoms with Crippen molar-refractivity contribution in [2.24, 2.45) is 23.2 Å². The molecule has 1 aromatic rings. The summed E-state index contributed by atoms with van der Waals surface area (Å²) in [5.74, 6) is 0.0880. The van der Waals surface area contributed by atoms with Gasteiger partial charge in [0.15, 0.2) is 5.75 Å². The molecule has 1 aromatic heterocycles. The first-order chi connectivity index (χ1) is 15.9. The number of hydrogen-bond acceptors (Lipinski definition) is 8.